The summed E-state index contributed by atoms with van der Waals surface area (Å²) in [5, 5.41) is 9.88. The van der Waals surface area contributed by atoms with Crippen LogP contribution < -0.4 is 20.9 Å². The van der Waals surface area contributed by atoms with Gasteiger partial charge in [-0.2, -0.15) is 9.78 Å². The van der Waals surface area contributed by atoms with Gasteiger partial charge < -0.3 is 10.1 Å². The molecule has 0 aliphatic carbocycles. The highest BCUT2D eigenvalue weighted by Crippen LogP contribution is 2.15. The molecule has 0 radical (unpaired) electrons. The summed E-state index contributed by atoms with van der Waals surface area (Å²) in [6, 6.07) is 8.72. The van der Waals surface area contributed by atoms with Gasteiger partial charge in [0.1, 0.15) is 11.6 Å². The lowest BCUT2D eigenvalue weighted by atomic mass is 10.2. The van der Waals surface area contributed by atoms with E-state index in [1.54, 1.807) is 27.0 Å². The molecule has 0 spiro atoms. The van der Waals surface area contributed by atoms with Gasteiger partial charge in [-0.3, -0.25) is 15.1 Å². The van der Waals surface area contributed by atoms with Gasteiger partial charge in [0.2, 0.25) is 5.95 Å². The Morgan fingerprint density at radius 3 is 2.59 bits per heavy atom. The molecule has 2 aromatic heterocycles. The lowest BCUT2D eigenvalue weighted by Gasteiger charge is -2.11. The predicted molar refractivity (Wildman–Crippen MR) is 110 cm³/mol. The zero-order valence-corrected chi connectivity index (χ0v) is 16.9. The van der Waals surface area contributed by atoms with Crippen LogP contribution >= 0.6 is 0 Å². The third-order valence-corrected chi connectivity index (χ3v) is 4.45. The molecule has 0 aliphatic rings. The molecule has 0 bridgehead atoms. The number of carbonyl (C=O) groups is 1. The molecule has 0 fully saturated rings. The predicted octanol–water partition coefficient (Wildman–Crippen LogP) is 2.47. The van der Waals surface area contributed by atoms with E-state index in [2.05, 4.69) is 25.7 Å². The Labute approximate surface area is 168 Å². The first-order valence-electron chi connectivity index (χ1n) is 9.26. The molecule has 29 heavy (non-hydrogen) atoms. The van der Waals surface area contributed by atoms with Gasteiger partial charge in [-0.15, -0.1) is 0 Å². The second-order valence-electron chi connectivity index (χ2n) is 6.55. The van der Waals surface area contributed by atoms with Crippen molar-refractivity contribution < 1.29 is 9.53 Å². The molecule has 2 heterocycles. The van der Waals surface area contributed by atoms with Crippen LogP contribution in [0.2, 0.25) is 0 Å². The molecule has 0 atom stereocenters. The fourth-order valence-electron chi connectivity index (χ4n) is 2.95. The average molecular weight is 396 g/mol. The number of aromatic amines is 1. The van der Waals surface area contributed by atoms with Crippen molar-refractivity contribution >= 4 is 11.8 Å². The van der Waals surface area contributed by atoms with Gasteiger partial charge in [0, 0.05) is 23.9 Å². The molecule has 152 valence electrons. The van der Waals surface area contributed by atoms with Crippen molar-refractivity contribution in [2.24, 2.45) is 0 Å². The van der Waals surface area contributed by atoms with Crippen LogP contribution in [0.15, 0.2) is 35.1 Å². The number of hydrogen-bond donors (Lipinski definition) is 3. The van der Waals surface area contributed by atoms with Crippen LogP contribution in [0.3, 0.4) is 0 Å². The number of aryl methyl sites for hydroxylation is 2. The van der Waals surface area contributed by atoms with E-state index in [1.807, 2.05) is 31.2 Å². The second-order valence-corrected chi connectivity index (χ2v) is 6.55. The fourth-order valence-corrected chi connectivity index (χ4v) is 2.95. The first-order chi connectivity index (χ1) is 13.9. The lowest BCUT2D eigenvalue weighted by molar-refractivity contribution is 0.251. The smallest absolute Gasteiger partial charge is 0.320 e. The molecular weight excluding hydrogens is 372 g/mol. The minimum atomic E-state index is -0.397. The van der Waals surface area contributed by atoms with Gasteiger partial charge in [0.15, 0.2) is 0 Å². The number of anilines is 1. The molecule has 3 rings (SSSR count). The SMILES string of the molecule is CCc1c(C)nc(-n2nc(C)cc2NC(=O)NCc2ccc(OC)cc2)[nH]c1=O. The van der Waals surface area contributed by atoms with Crippen molar-refractivity contribution in [3.8, 4) is 11.7 Å². The molecule has 0 saturated carbocycles. The van der Waals surface area contributed by atoms with Gasteiger partial charge in [-0.25, -0.2) is 9.78 Å². The normalized spacial score (nSPS) is 10.6. The van der Waals surface area contributed by atoms with E-state index in [4.69, 9.17) is 4.74 Å². The first-order valence-corrected chi connectivity index (χ1v) is 9.26. The standard InChI is InChI=1S/C20H24N6O3/c1-5-16-13(3)22-19(24-18(16)27)26-17(10-12(2)25-26)23-20(28)21-11-14-6-8-15(29-4)9-7-14/h6-10H,5,11H2,1-4H3,(H2,21,23,28)(H,22,24,27). The molecular formula is C20H24N6O3. The van der Waals surface area contributed by atoms with E-state index in [9.17, 15) is 9.59 Å². The number of methoxy groups -OCH3 is 1. The van der Waals surface area contributed by atoms with Crippen LogP contribution in [0.1, 0.15) is 29.4 Å². The molecule has 3 N–H and O–H groups in total. The highest BCUT2D eigenvalue weighted by atomic mass is 16.5. The van der Waals surface area contributed by atoms with Crippen LogP contribution in [0.25, 0.3) is 5.95 Å². The van der Waals surface area contributed by atoms with Crippen molar-refractivity contribution in [2.75, 3.05) is 12.4 Å². The number of H-pyrrole nitrogens is 1. The molecule has 9 heteroatoms. The molecule has 0 saturated heterocycles. The van der Waals surface area contributed by atoms with E-state index < -0.39 is 6.03 Å². The Hall–Kier alpha value is -3.62. The number of amides is 2. The Balaban J connectivity index is 1.75. The number of ether oxygens (including phenoxy) is 1. The fraction of sp³-hybridized carbons (Fsp3) is 0.300. The van der Waals surface area contributed by atoms with Crippen LogP contribution in [0.4, 0.5) is 10.6 Å². The molecule has 9 nitrogen and oxygen atoms in total. The van der Waals surface area contributed by atoms with Gasteiger partial charge >= 0.3 is 6.03 Å². The third-order valence-electron chi connectivity index (χ3n) is 4.45. The van der Waals surface area contributed by atoms with Gasteiger partial charge in [-0.05, 0) is 38.0 Å². The Bertz CT molecular complexity index is 1070. The summed E-state index contributed by atoms with van der Waals surface area (Å²) in [5.74, 6) is 1.41. The lowest BCUT2D eigenvalue weighted by Crippen LogP contribution is -2.29. The maximum atomic E-state index is 12.4. The van der Waals surface area contributed by atoms with Crippen molar-refractivity contribution in [3.63, 3.8) is 0 Å². The highest BCUT2D eigenvalue weighted by Gasteiger charge is 2.14. The molecule has 3 aromatic rings. The highest BCUT2D eigenvalue weighted by molar-refractivity contribution is 5.88. The molecule has 2 amide bonds. The van der Waals surface area contributed by atoms with Crippen LogP contribution in [0, 0.1) is 13.8 Å². The van der Waals surface area contributed by atoms with Gasteiger partial charge in [-0.1, -0.05) is 19.1 Å². The van der Waals surface area contributed by atoms with Crippen molar-refractivity contribution in [3.05, 3.63) is 63.2 Å². The van der Waals surface area contributed by atoms with E-state index in [-0.39, 0.29) is 11.5 Å². The maximum absolute atomic E-state index is 12.4. The number of urea groups is 1. The minimum absolute atomic E-state index is 0.210. The number of nitrogens with zero attached hydrogens (tertiary/aromatic N) is 3. The average Bonchev–Trinajstić information content (AvgIpc) is 3.06. The summed E-state index contributed by atoms with van der Waals surface area (Å²) in [4.78, 5) is 31.8. The summed E-state index contributed by atoms with van der Waals surface area (Å²) >= 11 is 0. The molecule has 0 unspecified atom stereocenters. The number of hydrogen-bond acceptors (Lipinski definition) is 5. The summed E-state index contributed by atoms with van der Waals surface area (Å²) in [7, 11) is 1.60. The quantitative estimate of drug-likeness (QED) is 0.592. The maximum Gasteiger partial charge on any atom is 0.320 e. The van der Waals surface area contributed by atoms with Gasteiger partial charge in [0.25, 0.3) is 5.56 Å². The Kier molecular flexibility index (Phi) is 5.96. The van der Waals surface area contributed by atoms with E-state index >= 15 is 0 Å². The van der Waals surface area contributed by atoms with Crippen molar-refractivity contribution in [2.45, 2.75) is 33.7 Å². The summed E-state index contributed by atoms with van der Waals surface area (Å²) in [6.07, 6.45) is 0.589. The van der Waals surface area contributed by atoms with Crippen LogP contribution in [-0.2, 0) is 13.0 Å². The second kappa shape index (κ2) is 8.59. The van der Waals surface area contributed by atoms with Crippen LogP contribution in [-0.4, -0.2) is 32.9 Å². The number of aromatic nitrogens is 4. The third kappa shape index (κ3) is 4.63. The topological polar surface area (TPSA) is 114 Å². The number of rotatable bonds is 6. The largest absolute Gasteiger partial charge is 0.497 e. The van der Waals surface area contributed by atoms with Crippen molar-refractivity contribution in [1.82, 2.24) is 25.1 Å². The molecule has 1 aromatic carbocycles. The van der Waals surface area contributed by atoms with E-state index in [1.165, 1.54) is 4.68 Å². The summed E-state index contributed by atoms with van der Waals surface area (Å²) < 4.78 is 6.53. The summed E-state index contributed by atoms with van der Waals surface area (Å²) in [6.45, 7) is 5.82. The zero-order valence-electron chi connectivity index (χ0n) is 16.9. The number of nitrogens with one attached hydrogen (secondary N) is 3. The van der Waals surface area contributed by atoms with Gasteiger partial charge in [0.05, 0.1) is 12.8 Å². The first kappa shape index (κ1) is 20.1. The Morgan fingerprint density at radius 1 is 1.24 bits per heavy atom. The monoisotopic (exact) mass is 396 g/mol. The van der Waals surface area contributed by atoms with E-state index in [0.717, 1.165) is 11.3 Å². The number of carbonyl (C=O) groups excluding carboxylic acids is 1. The minimum Gasteiger partial charge on any atom is -0.497 e. The number of benzene rings is 1. The van der Waals surface area contributed by atoms with Crippen LogP contribution in [0.5, 0.6) is 5.75 Å². The Morgan fingerprint density at radius 2 is 1.97 bits per heavy atom. The summed E-state index contributed by atoms with van der Waals surface area (Å²) in [5.41, 5.74) is 2.66. The van der Waals surface area contributed by atoms with E-state index in [0.29, 0.717) is 35.7 Å². The van der Waals surface area contributed by atoms with Crippen molar-refractivity contribution in [1.29, 1.82) is 0 Å². The molecule has 0 aliphatic heterocycles. The zero-order chi connectivity index (χ0) is 21.0.